The molecule has 0 bridgehead atoms. The van der Waals surface area contributed by atoms with Gasteiger partial charge in [-0.1, -0.05) is 58.6 Å². The van der Waals surface area contributed by atoms with Gasteiger partial charge in [0.25, 0.3) is 0 Å². The van der Waals surface area contributed by atoms with Gasteiger partial charge < -0.3 is 35.6 Å². The zero-order valence-electron chi connectivity index (χ0n) is 30.7. The van der Waals surface area contributed by atoms with Crippen LogP contribution in [-0.4, -0.2) is 120 Å². The smallest absolute Gasteiger partial charge is 0.444 e. The molecule has 2 unspecified atom stereocenters. The minimum Gasteiger partial charge on any atom is -0.444 e. The summed E-state index contributed by atoms with van der Waals surface area (Å²) in [6.45, 7) is 5.49. The summed E-state index contributed by atoms with van der Waals surface area (Å²) in [4.78, 5) is 57.8. The zero-order valence-corrected chi connectivity index (χ0v) is 31.5. The average Bonchev–Trinajstić information content (AvgIpc) is 3.72. The molecule has 52 heavy (non-hydrogen) atoms. The molecule has 2 heterocycles. The van der Waals surface area contributed by atoms with Gasteiger partial charge >= 0.3 is 19.2 Å². The van der Waals surface area contributed by atoms with Gasteiger partial charge in [-0.3, -0.25) is 14.5 Å². The molecule has 0 radical (unpaired) electrons. The number of hydrogen-bond acceptors (Lipinski definition) is 9. The van der Waals surface area contributed by atoms with Crippen LogP contribution in [0.3, 0.4) is 0 Å². The van der Waals surface area contributed by atoms with E-state index in [1.54, 1.807) is 12.1 Å². The van der Waals surface area contributed by atoms with E-state index in [0.717, 1.165) is 29.8 Å². The highest BCUT2D eigenvalue weighted by Crippen LogP contribution is 2.31. The molecule has 5 N–H and O–H groups in total. The second-order valence-electron chi connectivity index (χ2n) is 14.7. The van der Waals surface area contributed by atoms with Crippen molar-refractivity contribution in [3.05, 3.63) is 35.1 Å². The van der Waals surface area contributed by atoms with Crippen molar-refractivity contribution >= 4 is 41.1 Å². The summed E-state index contributed by atoms with van der Waals surface area (Å²) in [5.41, 5.74) is 1.05. The van der Waals surface area contributed by atoms with Crippen LogP contribution in [0.15, 0.2) is 18.2 Å². The molecule has 290 valence electrons. The highest BCUT2D eigenvalue weighted by atomic mass is 32.2. The summed E-state index contributed by atoms with van der Waals surface area (Å²) in [5, 5.41) is 28.2. The number of benzene rings is 1. The molecule has 18 heteroatoms. The van der Waals surface area contributed by atoms with Crippen LogP contribution in [0.25, 0.3) is 0 Å². The van der Waals surface area contributed by atoms with Gasteiger partial charge in [-0.05, 0) is 42.7 Å². The average molecular weight is 753 g/mol. The summed E-state index contributed by atoms with van der Waals surface area (Å²) >= 11 is 0. The van der Waals surface area contributed by atoms with Crippen molar-refractivity contribution in [2.24, 2.45) is 11.8 Å². The van der Waals surface area contributed by atoms with Gasteiger partial charge in [0.1, 0.15) is 24.0 Å². The third kappa shape index (κ3) is 10.6. The van der Waals surface area contributed by atoms with Gasteiger partial charge in [0.05, 0.1) is 25.3 Å². The number of amides is 5. The number of likely N-dealkylation sites (tertiary alicyclic amines) is 1. The molecule has 1 saturated carbocycles. The number of carbonyl (C=O) groups is 4. The van der Waals surface area contributed by atoms with E-state index in [-0.39, 0.29) is 50.9 Å². The molecule has 5 amide bonds. The molecule has 3 aliphatic rings. The lowest BCUT2D eigenvalue weighted by Gasteiger charge is -2.35. The first-order chi connectivity index (χ1) is 24.5. The molecule has 1 aromatic rings. The highest BCUT2D eigenvalue weighted by molar-refractivity contribution is 7.88. The van der Waals surface area contributed by atoms with Gasteiger partial charge in [0.2, 0.25) is 21.8 Å². The van der Waals surface area contributed by atoms with Crippen LogP contribution in [0.1, 0.15) is 83.3 Å². The lowest BCUT2D eigenvalue weighted by molar-refractivity contribution is -0.141. The second kappa shape index (κ2) is 18.0. The molecule has 1 saturated heterocycles. The predicted octanol–water partition coefficient (Wildman–Crippen LogP) is 1.71. The van der Waals surface area contributed by atoms with E-state index in [4.69, 9.17) is 4.74 Å². The topological polar surface area (TPSA) is 198 Å². The number of rotatable bonds is 14. The van der Waals surface area contributed by atoms with Crippen molar-refractivity contribution in [2.75, 3.05) is 26.4 Å². The van der Waals surface area contributed by atoms with Gasteiger partial charge in [-0.15, -0.1) is 0 Å². The number of urea groups is 1. The number of fused-ring (bicyclic) bond motifs is 1. The fraction of sp³-hybridized carbons (Fsp3) is 0.706. The van der Waals surface area contributed by atoms with Crippen molar-refractivity contribution in [1.82, 2.24) is 30.1 Å². The number of hydrogen-bond donors (Lipinski definition) is 5. The maximum Gasteiger partial charge on any atom is 0.475 e. The zero-order chi connectivity index (χ0) is 38.3. The summed E-state index contributed by atoms with van der Waals surface area (Å²) < 4.78 is 45.5. The van der Waals surface area contributed by atoms with E-state index in [0.29, 0.717) is 30.4 Å². The van der Waals surface area contributed by atoms with Gasteiger partial charge in [-0.25, -0.2) is 26.7 Å². The standard InChI is InChI=1S/C34H54BFN6O9S/c1-6-11-29(35(47)48)38-31(43)28-16-24(51-34(46)41-17-23-14-10-15-26(36)25(23)19-41)18-42(28)32(44)30(22-12-8-7-9-13-22)39-33(45)37-27(21(2)3)20-40(4)52(5,49)50/h10,14-15,21-22,24,27-30,47-48H,6-9,11-13,16-20H2,1-5H3,(H,38,43)(H2,37,39,45)/t24?,27-,28?,29+,30+/m1/s1. The predicted molar refractivity (Wildman–Crippen MR) is 191 cm³/mol. The molecular weight excluding hydrogens is 698 g/mol. The Bertz CT molecular complexity index is 1550. The number of nitrogens with zero attached hydrogens (tertiary/aromatic N) is 3. The number of sulfonamides is 1. The van der Waals surface area contributed by atoms with Gasteiger partial charge in [-0.2, -0.15) is 0 Å². The molecule has 0 aromatic heterocycles. The minimum absolute atomic E-state index is 0.00728. The molecular formula is C34H54BFN6O9S. The SMILES string of the molecule is CCC[C@H](NC(=O)C1CC(OC(=O)N2Cc3cccc(F)c3C2)CN1C(=O)[C@@H](NC(=O)N[C@H](CN(C)S(C)(=O)=O)C(C)C)C1CCCCC1)B(O)O. The number of ether oxygens (including phenoxy) is 1. The lowest BCUT2D eigenvalue weighted by Crippen LogP contribution is -2.60. The van der Waals surface area contributed by atoms with Crippen LogP contribution in [-0.2, 0) is 37.4 Å². The molecule has 4 rings (SSSR count). The molecule has 1 aromatic carbocycles. The van der Waals surface area contributed by atoms with E-state index < -0.39 is 77.1 Å². The summed E-state index contributed by atoms with van der Waals surface area (Å²) in [6.07, 6.45) is 4.05. The fourth-order valence-electron chi connectivity index (χ4n) is 7.20. The quantitative estimate of drug-likeness (QED) is 0.176. The van der Waals surface area contributed by atoms with E-state index in [9.17, 15) is 42.0 Å². The van der Waals surface area contributed by atoms with Gasteiger partial charge in [0.15, 0.2) is 0 Å². The van der Waals surface area contributed by atoms with Crippen molar-refractivity contribution in [1.29, 1.82) is 0 Å². The van der Waals surface area contributed by atoms with Crippen molar-refractivity contribution < 1.29 is 46.8 Å². The van der Waals surface area contributed by atoms with Crippen LogP contribution in [0.2, 0.25) is 0 Å². The first-order valence-corrected chi connectivity index (χ1v) is 20.0. The van der Waals surface area contributed by atoms with Crippen LogP contribution in [0, 0.1) is 17.7 Å². The van der Waals surface area contributed by atoms with Crippen molar-refractivity contribution in [3.63, 3.8) is 0 Å². The Morgan fingerprint density at radius 3 is 2.37 bits per heavy atom. The number of nitrogens with one attached hydrogen (secondary N) is 3. The maximum atomic E-state index is 14.6. The fourth-order valence-corrected chi connectivity index (χ4v) is 7.63. The van der Waals surface area contributed by atoms with E-state index in [1.807, 2.05) is 20.8 Å². The Hall–Kier alpha value is -3.48. The van der Waals surface area contributed by atoms with Crippen LogP contribution >= 0.6 is 0 Å². The third-order valence-corrected chi connectivity index (χ3v) is 11.7. The molecule has 2 fully saturated rings. The molecule has 15 nitrogen and oxygen atoms in total. The largest absolute Gasteiger partial charge is 0.475 e. The van der Waals surface area contributed by atoms with E-state index in [1.165, 1.54) is 22.9 Å². The second-order valence-corrected chi connectivity index (χ2v) is 16.8. The maximum absolute atomic E-state index is 14.6. The summed E-state index contributed by atoms with van der Waals surface area (Å²) in [5.74, 6) is -3.07. The lowest BCUT2D eigenvalue weighted by atomic mass is 9.76. The Balaban J connectivity index is 1.56. The number of halogens is 1. The van der Waals surface area contributed by atoms with E-state index in [2.05, 4.69) is 16.0 Å². The molecule has 2 aliphatic heterocycles. The van der Waals surface area contributed by atoms with Crippen LogP contribution in [0.5, 0.6) is 0 Å². The first kappa shape index (κ1) is 41.3. The van der Waals surface area contributed by atoms with Crippen LogP contribution in [0.4, 0.5) is 14.0 Å². The van der Waals surface area contributed by atoms with Crippen molar-refractivity contribution in [2.45, 2.75) is 115 Å². The number of likely N-dealkylation sites (N-methyl/N-ethyl adjacent to an activating group) is 1. The molecule has 0 spiro atoms. The Labute approximate surface area is 306 Å². The highest BCUT2D eigenvalue weighted by Gasteiger charge is 2.46. The van der Waals surface area contributed by atoms with Crippen LogP contribution < -0.4 is 16.0 Å². The first-order valence-electron chi connectivity index (χ1n) is 18.2. The Kier molecular flexibility index (Phi) is 14.3. The van der Waals surface area contributed by atoms with Crippen molar-refractivity contribution in [3.8, 4) is 0 Å². The van der Waals surface area contributed by atoms with Gasteiger partial charge in [0, 0.05) is 38.2 Å². The molecule has 5 atom stereocenters. The summed E-state index contributed by atoms with van der Waals surface area (Å²) in [6, 6.07) is 1.14. The number of carbonyl (C=O) groups excluding carboxylic acids is 4. The van der Waals surface area contributed by atoms with E-state index >= 15 is 0 Å². The Morgan fingerprint density at radius 2 is 1.77 bits per heavy atom. The molecule has 1 aliphatic carbocycles. The monoisotopic (exact) mass is 752 g/mol. The summed E-state index contributed by atoms with van der Waals surface area (Å²) in [7, 11) is -3.96. The third-order valence-electron chi connectivity index (χ3n) is 10.4. The minimum atomic E-state index is -3.52. The Morgan fingerprint density at radius 1 is 1.08 bits per heavy atom. The normalized spacial score (nSPS) is 21.0.